The van der Waals surface area contributed by atoms with Crippen LogP contribution in [0.4, 0.5) is 0 Å². The minimum Gasteiger partial charge on any atom is -0.463 e. The third-order valence-electron chi connectivity index (χ3n) is 7.64. The van der Waals surface area contributed by atoms with Gasteiger partial charge in [0.1, 0.15) is 6.54 Å². The molecule has 0 bridgehead atoms. The Morgan fingerprint density at radius 3 is 2.49 bits per heavy atom. The fourth-order valence-corrected chi connectivity index (χ4v) is 6.55. The zero-order valence-corrected chi connectivity index (χ0v) is 25.0. The summed E-state index contributed by atoms with van der Waals surface area (Å²) in [4.78, 5) is 33.4. The van der Waals surface area contributed by atoms with E-state index in [2.05, 4.69) is 19.9 Å². The van der Waals surface area contributed by atoms with Crippen LogP contribution in [0.5, 0.6) is 0 Å². The van der Waals surface area contributed by atoms with Gasteiger partial charge < -0.3 is 9.30 Å². The van der Waals surface area contributed by atoms with E-state index in [1.54, 1.807) is 11.5 Å². The van der Waals surface area contributed by atoms with E-state index in [-0.39, 0.29) is 18.7 Å². The number of aromatic nitrogens is 2. The number of hydrogen-bond donors (Lipinski definition) is 0. The number of thiazole rings is 1. The Hall–Kier alpha value is -5.00. The van der Waals surface area contributed by atoms with Gasteiger partial charge in [0.15, 0.2) is 4.80 Å². The van der Waals surface area contributed by atoms with Crippen LogP contribution in [0.1, 0.15) is 55.0 Å². The molecule has 3 aromatic carbocycles. The lowest BCUT2D eigenvalue weighted by molar-refractivity contribution is -0.138. The van der Waals surface area contributed by atoms with E-state index >= 15 is 0 Å². The van der Waals surface area contributed by atoms with Gasteiger partial charge in [-0.2, -0.15) is 5.26 Å². The van der Waals surface area contributed by atoms with Gasteiger partial charge in [-0.3, -0.25) is 9.36 Å². The smallest absolute Gasteiger partial charge is 0.338 e. The maximum atomic E-state index is 14.3. The first-order chi connectivity index (χ1) is 20.9. The van der Waals surface area contributed by atoms with Crippen LogP contribution in [-0.2, 0) is 16.1 Å². The van der Waals surface area contributed by atoms with Crippen molar-refractivity contribution in [3.8, 4) is 6.07 Å². The van der Waals surface area contributed by atoms with E-state index in [9.17, 15) is 14.9 Å². The van der Waals surface area contributed by atoms with E-state index in [0.717, 1.165) is 33.2 Å². The van der Waals surface area contributed by atoms with Crippen LogP contribution in [0.15, 0.2) is 100 Å². The van der Waals surface area contributed by atoms with E-state index in [1.165, 1.54) is 11.3 Å². The molecule has 8 heteroatoms. The minimum atomic E-state index is -0.728. The molecular formula is C35H30N4O3S. The van der Waals surface area contributed by atoms with Crippen molar-refractivity contribution < 1.29 is 9.53 Å². The Balaban J connectivity index is 1.64. The molecule has 6 rings (SSSR count). The molecule has 0 spiro atoms. The topological polar surface area (TPSA) is 89.4 Å². The first kappa shape index (κ1) is 28.1. The molecule has 0 aliphatic carbocycles. The Morgan fingerprint density at radius 2 is 1.79 bits per heavy atom. The molecular weight excluding hydrogens is 556 g/mol. The lowest BCUT2D eigenvalue weighted by Gasteiger charge is -2.26. The molecule has 2 aromatic heterocycles. The molecule has 0 saturated carbocycles. The van der Waals surface area contributed by atoms with Crippen LogP contribution in [0.25, 0.3) is 22.7 Å². The van der Waals surface area contributed by atoms with Crippen molar-refractivity contribution in [2.75, 3.05) is 6.61 Å². The molecule has 214 valence electrons. The predicted octanol–water partition coefficient (Wildman–Crippen LogP) is 5.54. The van der Waals surface area contributed by atoms with Gasteiger partial charge in [-0.1, -0.05) is 98.0 Å². The van der Waals surface area contributed by atoms with Gasteiger partial charge in [-0.15, -0.1) is 0 Å². The lowest BCUT2D eigenvalue weighted by Crippen LogP contribution is -2.40. The highest BCUT2D eigenvalue weighted by Gasteiger charge is 2.35. The highest BCUT2D eigenvalue weighted by molar-refractivity contribution is 7.07. The molecule has 1 unspecified atom stereocenters. The normalized spacial score (nSPS) is 15.0. The number of rotatable bonds is 7. The summed E-state index contributed by atoms with van der Waals surface area (Å²) in [5.74, 6) is -0.170. The van der Waals surface area contributed by atoms with Crippen LogP contribution in [0.3, 0.4) is 0 Å². The summed E-state index contributed by atoms with van der Waals surface area (Å²) in [6.07, 6.45) is 3.75. The Kier molecular flexibility index (Phi) is 7.66. The molecule has 0 fully saturated rings. The van der Waals surface area contributed by atoms with Gasteiger partial charge in [0.25, 0.3) is 5.56 Å². The summed E-state index contributed by atoms with van der Waals surface area (Å²) < 4.78 is 9.56. The maximum Gasteiger partial charge on any atom is 0.338 e. The molecule has 0 N–H and O–H groups in total. The first-order valence-corrected chi connectivity index (χ1v) is 15.1. The lowest BCUT2D eigenvalue weighted by atomic mass is 9.91. The fourth-order valence-electron chi connectivity index (χ4n) is 5.56. The third-order valence-corrected chi connectivity index (χ3v) is 8.62. The quantitative estimate of drug-likeness (QED) is 0.234. The predicted molar refractivity (Wildman–Crippen MR) is 169 cm³/mol. The fraction of sp³-hybridized carbons (Fsp3) is 0.200. The van der Waals surface area contributed by atoms with Gasteiger partial charge in [0.05, 0.1) is 34.5 Å². The summed E-state index contributed by atoms with van der Waals surface area (Å²) in [6, 6.07) is 26.9. The highest BCUT2D eigenvalue weighted by Crippen LogP contribution is 2.35. The van der Waals surface area contributed by atoms with Crippen LogP contribution >= 0.6 is 11.3 Å². The van der Waals surface area contributed by atoms with E-state index in [4.69, 9.17) is 9.73 Å². The largest absolute Gasteiger partial charge is 0.463 e. The average Bonchev–Trinajstić information content (AvgIpc) is 3.53. The number of carbonyl (C=O) groups is 1. The van der Waals surface area contributed by atoms with E-state index in [1.807, 2.05) is 95.7 Å². The SMILES string of the molecule is CCOC(=O)C1=C(c2ccccc2)N=c2s/c(=C\c3cn(CC#N)c4ccccc34)c(=O)n2C1c1ccc(C(C)C)cc1. The summed E-state index contributed by atoms with van der Waals surface area (Å²) in [6.45, 7) is 6.42. The average molecular weight is 587 g/mol. The van der Waals surface area contributed by atoms with Crippen molar-refractivity contribution in [1.82, 2.24) is 9.13 Å². The number of para-hydroxylation sites is 1. The summed E-state index contributed by atoms with van der Waals surface area (Å²) >= 11 is 1.29. The third kappa shape index (κ3) is 5.13. The molecule has 7 nitrogen and oxygen atoms in total. The molecule has 0 radical (unpaired) electrons. The molecule has 5 aromatic rings. The van der Waals surface area contributed by atoms with Crippen molar-refractivity contribution >= 4 is 40.0 Å². The van der Waals surface area contributed by atoms with Crippen molar-refractivity contribution in [1.29, 1.82) is 5.26 Å². The zero-order chi connectivity index (χ0) is 30.1. The molecule has 0 saturated heterocycles. The van der Waals surface area contributed by atoms with Crippen LogP contribution in [0.2, 0.25) is 0 Å². The molecule has 3 heterocycles. The van der Waals surface area contributed by atoms with Gasteiger partial charge in [-0.05, 0) is 36.1 Å². The second kappa shape index (κ2) is 11.7. The number of nitrogens with zero attached hydrogens (tertiary/aromatic N) is 4. The summed E-state index contributed by atoms with van der Waals surface area (Å²) in [5, 5.41) is 10.3. The maximum absolute atomic E-state index is 14.3. The number of benzene rings is 3. The van der Waals surface area contributed by atoms with Gasteiger partial charge >= 0.3 is 5.97 Å². The van der Waals surface area contributed by atoms with Crippen LogP contribution in [-0.4, -0.2) is 21.7 Å². The molecule has 1 aliphatic heterocycles. The molecule has 43 heavy (non-hydrogen) atoms. The van der Waals surface area contributed by atoms with Crippen molar-refractivity contribution in [3.63, 3.8) is 0 Å². The minimum absolute atomic E-state index is 0.195. The van der Waals surface area contributed by atoms with Crippen LogP contribution < -0.4 is 14.9 Å². The van der Waals surface area contributed by atoms with E-state index < -0.39 is 12.0 Å². The molecule has 1 aliphatic rings. The standard InChI is InChI=1S/C35H30N4O3S/c1-4-42-34(41)30-31(24-10-6-5-7-11-24)37-35-39(32(30)25-16-14-23(15-17-25)22(2)3)33(40)29(43-35)20-26-21-38(19-18-36)28-13-9-8-12-27(26)28/h5-17,20-22,32H,4,19H2,1-3H3/b29-20-. The van der Waals surface area contributed by atoms with Crippen molar-refractivity contribution in [2.45, 2.75) is 39.3 Å². The summed E-state index contributed by atoms with van der Waals surface area (Å²) in [5.41, 5.74) is 5.07. The Bertz CT molecular complexity index is 2090. The summed E-state index contributed by atoms with van der Waals surface area (Å²) in [7, 11) is 0. The van der Waals surface area contributed by atoms with Crippen LogP contribution in [0, 0.1) is 11.3 Å². The van der Waals surface area contributed by atoms with Gasteiger partial charge in [0, 0.05) is 28.2 Å². The number of esters is 1. The van der Waals surface area contributed by atoms with Crippen molar-refractivity contribution in [2.24, 2.45) is 4.99 Å². The highest BCUT2D eigenvalue weighted by atomic mass is 32.1. The number of carbonyl (C=O) groups excluding carboxylic acids is 1. The zero-order valence-electron chi connectivity index (χ0n) is 24.2. The number of hydrogen-bond acceptors (Lipinski definition) is 6. The van der Waals surface area contributed by atoms with Gasteiger partial charge in [0.2, 0.25) is 0 Å². The number of nitriles is 1. The van der Waals surface area contributed by atoms with Gasteiger partial charge in [-0.25, -0.2) is 9.79 Å². The molecule has 1 atom stereocenters. The first-order valence-electron chi connectivity index (χ1n) is 14.2. The Labute approximate surface area is 252 Å². The Morgan fingerprint density at radius 1 is 1.07 bits per heavy atom. The van der Waals surface area contributed by atoms with Crippen molar-refractivity contribution in [3.05, 3.63) is 133 Å². The second-order valence-corrected chi connectivity index (χ2v) is 11.6. The second-order valence-electron chi connectivity index (χ2n) is 10.6. The number of fused-ring (bicyclic) bond motifs is 2. The van der Waals surface area contributed by atoms with E-state index in [0.29, 0.717) is 26.5 Å². The number of ether oxygens (including phenoxy) is 1. The molecule has 0 amide bonds. The monoisotopic (exact) mass is 586 g/mol.